The van der Waals surface area contributed by atoms with Crippen molar-refractivity contribution in [3.63, 3.8) is 0 Å². The number of carbonyl (C=O) groups excluding carboxylic acids is 2. The fraction of sp³-hybridized carbons (Fsp3) is 0.462. The van der Waals surface area contributed by atoms with Crippen LogP contribution in [0.2, 0.25) is 15.1 Å². The number of carbonyl (C=O) groups is 2. The van der Waals surface area contributed by atoms with Crippen LogP contribution in [0.1, 0.15) is 55.7 Å². The maximum absolute atomic E-state index is 13.3. The Balaban J connectivity index is 1.76. The summed E-state index contributed by atoms with van der Waals surface area (Å²) in [5.41, 5.74) is 2.44. The second-order valence-electron chi connectivity index (χ2n) is 8.94. The Hall–Kier alpha value is -1.95. The summed E-state index contributed by atoms with van der Waals surface area (Å²) in [4.78, 5) is 27.9. The molecule has 8 heteroatoms. The first-order valence-corrected chi connectivity index (χ1v) is 12.7. The molecule has 2 aromatic rings. The fourth-order valence-corrected chi connectivity index (χ4v) is 4.78. The van der Waals surface area contributed by atoms with Gasteiger partial charge in [-0.25, -0.2) is 0 Å². The predicted molar refractivity (Wildman–Crippen MR) is 138 cm³/mol. The molecule has 0 saturated heterocycles. The van der Waals surface area contributed by atoms with E-state index in [0.29, 0.717) is 26.4 Å². The number of aryl methyl sites for hydroxylation is 2. The predicted octanol–water partition coefficient (Wildman–Crippen LogP) is 6.51. The Kier molecular flexibility index (Phi) is 9.52. The van der Waals surface area contributed by atoms with Crippen molar-refractivity contribution in [2.75, 3.05) is 6.61 Å². The summed E-state index contributed by atoms with van der Waals surface area (Å²) in [6.07, 6.45) is 5.34. The molecule has 5 nitrogen and oxygen atoms in total. The highest BCUT2D eigenvalue weighted by molar-refractivity contribution is 6.35. The van der Waals surface area contributed by atoms with E-state index in [1.165, 1.54) is 11.3 Å². The highest BCUT2D eigenvalue weighted by atomic mass is 35.5. The lowest BCUT2D eigenvalue weighted by molar-refractivity contribution is -0.142. The second-order valence-corrected chi connectivity index (χ2v) is 10.2. The van der Waals surface area contributed by atoms with Crippen molar-refractivity contribution in [3.8, 4) is 5.75 Å². The lowest BCUT2D eigenvalue weighted by Crippen LogP contribution is -2.51. The van der Waals surface area contributed by atoms with Crippen molar-refractivity contribution < 1.29 is 14.3 Å². The van der Waals surface area contributed by atoms with Gasteiger partial charge in [0.15, 0.2) is 6.61 Å². The number of hydrogen-bond acceptors (Lipinski definition) is 3. The van der Waals surface area contributed by atoms with E-state index in [2.05, 4.69) is 5.32 Å². The Morgan fingerprint density at radius 1 is 1.06 bits per heavy atom. The van der Waals surface area contributed by atoms with E-state index in [1.807, 2.05) is 13.8 Å². The van der Waals surface area contributed by atoms with Gasteiger partial charge in [-0.2, -0.15) is 0 Å². The van der Waals surface area contributed by atoms with Crippen molar-refractivity contribution in [3.05, 3.63) is 62.1 Å². The maximum atomic E-state index is 13.3. The van der Waals surface area contributed by atoms with Crippen LogP contribution in [0.5, 0.6) is 5.75 Å². The number of halogens is 3. The smallest absolute Gasteiger partial charge is 0.261 e. The first kappa shape index (κ1) is 26.7. The molecule has 1 aliphatic carbocycles. The third-order valence-corrected chi connectivity index (χ3v) is 7.43. The number of rotatable bonds is 8. The molecule has 1 unspecified atom stereocenters. The third-order valence-electron chi connectivity index (χ3n) is 6.25. The lowest BCUT2D eigenvalue weighted by Gasteiger charge is -2.31. The third kappa shape index (κ3) is 7.03. The molecule has 0 radical (unpaired) electrons. The summed E-state index contributed by atoms with van der Waals surface area (Å²) >= 11 is 18.6. The van der Waals surface area contributed by atoms with E-state index < -0.39 is 6.04 Å². The molecule has 3 rings (SSSR count). The summed E-state index contributed by atoms with van der Waals surface area (Å²) in [6.45, 7) is 5.45. The number of nitrogens with zero attached hydrogens (tertiary/aromatic N) is 1. The molecule has 0 heterocycles. The number of ether oxygens (including phenoxy) is 1. The van der Waals surface area contributed by atoms with Crippen LogP contribution >= 0.6 is 34.8 Å². The van der Waals surface area contributed by atoms with Gasteiger partial charge in [-0.1, -0.05) is 60.1 Å². The monoisotopic (exact) mass is 524 g/mol. The van der Waals surface area contributed by atoms with Gasteiger partial charge in [-0.05, 0) is 74.6 Å². The Labute approximate surface area is 216 Å². The summed E-state index contributed by atoms with van der Waals surface area (Å²) in [7, 11) is 0. The minimum atomic E-state index is -0.696. The SMILES string of the molecule is Cc1cc(OCC(=O)N(Cc2ccc(Cl)cc2Cl)C(C)C(=O)NC2CCCCC2)cc(C)c1Cl. The molecule has 1 aliphatic rings. The number of amides is 2. The molecule has 0 bridgehead atoms. The summed E-state index contributed by atoms with van der Waals surface area (Å²) in [5, 5.41) is 4.73. The zero-order valence-electron chi connectivity index (χ0n) is 19.8. The Morgan fingerprint density at radius 2 is 1.71 bits per heavy atom. The van der Waals surface area contributed by atoms with Gasteiger partial charge < -0.3 is 15.0 Å². The van der Waals surface area contributed by atoms with Crippen LogP contribution in [-0.2, 0) is 16.1 Å². The minimum absolute atomic E-state index is 0.149. The molecule has 1 fully saturated rings. The van der Waals surface area contributed by atoms with Crippen LogP contribution in [-0.4, -0.2) is 35.4 Å². The van der Waals surface area contributed by atoms with Gasteiger partial charge in [-0.15, -0.1) is 0 Å². The molecule has 0 aromatic heterocycles. The van der Waals surface area contributed by atoms with Gasteiger partial charge in [0, 0.05) is 27.7 Å². The normalized spacial score (nSPS) is 15.0. The maximum Gasteiger partial charge on any atom is 0.261 e. The van der Waals surface area contributed by atoms with Crippen molar-refractivity contribution in [1.29, 1.82) is 0 Å². The van der Waals surface area contributed by atoms with Crippen molar-refractivity contribution in [2.24, 2.45) is 0 Å². The van der Waals surface area contributed by atoms with Crippen LogP contribution < -0.4 is 10.1 Å². The molecule has 34 heavy (non-hydrogen) atoms. The fourth-order valence-electron chi connectivity index (χ4n) is 4.20. The molecular formula is C26H31Cl3N2O3. The first-order chi connectivity index (χ1) is 16.2. The van der Waals surface area contributed by atoms with Crippen LogP contribution in [0.3, 0.4) is 0 Å². The molecular weight excluding hydrogens is 495 g/mol. The molecule has 1 saturated carbocycles. The van der Waals surface area contributed by atoms with Crippen molar-refractivity contribution in [1.82, 2.24) is 10.2 Å². The average Bonchev–Trinajstić information content (AvgIpc) is 2.80. The van der Waals surface area contributed by atoms with Crippen molar-refractivity contribution >= 4 is 46.6 Å². The molecule has 1 atom stereocenters. The summed E-state index contributed by atoms with van der Waals surface area (Å²) in [5.74, 6) is 0.0580. The van der Waals surface area contributed by atoms with Crippen LogP contribution in [0, 0.1) is 13.8 Å². The summed E-state index contributed by atoms with van der Waals surface area (Å²) in [6, 6.07) is 8.15. The Morgan fingerprint density at radius 3 is 2.32 bits per heavy atom. The zero-order chi connectivity index (χ0) is 24.8. The van der Waals surface area contributed by atoms with Gasteiger partial charge in [0.05, 0.1) is 0 Å². The number of hydrogen-bond donors (Lipinski definition) is 1. The molecule has 0 aliphatic heterocycles. The average molecular weight is 526 g/mol. The van der Waals surface area contributed by atoms with Gasteiger partial charge in [-0.3, -0.25) is 9.59 Å². The zero-order valence-corrected chi connectivity index (χ0v) is 22.1. The van der Waals surface area contributed by atoms with Gasteiger partial charge in [0.1, 0.15) is 11.8 Å². The highest BCUT2D eigenvalue weighted by Crippen LogP contribution is 2.27. The standard InChI is InChI=1S/C26H31Cl3N2O3/c1-16-11-22(12-17(2)25(16)29)34-15-24(32)31(14-19-9-10-20(27)13-23(19)28)18(3)26(33)30-21-7-5-4-6-8-21/h9-13,18,21H,4-8,14-15H2,1-3H3,(H,30,33). The molecule has 2 aromatic carbocycles. The van der Waals surface area contributed by atoms with Crippen LogP contribution in [0.4, 0.5) is 0 Å². The highest BCUT2D eigenvalue weighted by Gasteiger charge is 2.29. The van der Waals surface area contributed by atoms with E-state index in [0.717, 1.165) is 36.8 Å². The Bertz CT molecular complexity index is 1010. The van der Waals surface area contributed by atoms with E-state index in [1.54, 1.807) is 37.3 Å². The lowest BCUT2D eigenvalue weighted by atomic mass is 9.95. The molecule has 1 N–H and O–H groups in total. The molecule has 0 spiro atoms. The number of benzene rings is 2. The van der Waals surface area contributed by atoms with E-state index in [4.69, 9.17) is 39.5 Å². The summed E-state index contributed by atoms with van der Waals surface area (Å²) < 4.78 is 5.80. The first-order valence-electron chi connectivity index (χ1n) is 11.6. The van der Waals surface area contributed by atoms with Gasteiger partial charge in [0.2, 0.25) is 5.91 Å². The largest absolute Gasteiger partial charge is 0.484 e. The minimum Gasteiger partial charge on any atom is -0.484 e. The van der Waals surface area contributed by atoms with E-state index in [9.17, 15) is 9.59 Å². The quantitative estimate of drug-likeness (QED) is 0.427. The van der Waals surface area contributed by atoms with E-state index in [-0.39, 0.29) is 31.0 Å². The number of nitrogens with one attached hydrogen (secondary N) is 1. The van der Waals surface area contributed by atoms with Gasteiger partial charge >= 0.3 is 0 Å². The molecule has 184 valence electrons. The van der Waals surface area contributed by atoms with Crippen LogP contribution in [0.25, 0.3) is 0 Å². The van der Waals surface area contributed by atoms with Crippen LogP contribution in [0.15, 0.2) is 30.3 Å². The second kappa shape index (κ2) is 12.1. The van der Waals surface area contributed by atoms with Gasteiger partial charge in [0.25, 0.3) is 5.91 Å². The molecule has 2 amide bonds. The van der Waals surface area contributed by atoms with Crippen molar-refractivity contribution in [2.45, 2.75) is 71.5 Å². The van der Waals surface area contributed by atoms with E-state index >= 15 is 0 Å². The topological polar surface area (TPSA) is 58.6 Å².